The fraction of sp³-hybridized carbons (Fsp3) is 0.364. The highest BCUT2D eigenvalue weighted by atomic mass is 16.6. The second-order valence-electron chi connectivity index (χ2n) is 10.8. The molecule has 1 atom stereocenters. The fourth-order valence-electron chi connectivity index (χ4n) is 5.61. The van der Waals surface area contributed by atoms with E-state index in [0.717, 1.165) is 5.56 Å². The Labute approximate surface area is 246 Å². The van der Waals surface area contributed by atoms with E-state index in [1.807, 2.05) is 54.6 Å². The number of fused-ring (bicyclic) bond motifs is 3. The number of nitrogens with zero attached hydrogens (tertiary/aromatic N) is 2. The zero-order valence-electron chi connectivity index (χ0n) is 23.7. The van der Waals surface area contributed by atoms with Crippen molar-refractivity contribution in [2.24, 2.45) is 5.73 Å². The molecular weight excluding hydrogens is 532 g/mol. The molecule has 9 nitrogen and oxygen atoms in total. The van der Waals surface area contributed by atoms with E-state index in [4.69, 9.17) is 15.2 Å². The molecule has 3 aromatic carbocycles. The number of rotatable bonds is 10. The third kappa shape index (κ3) is 7.28. The summed E-state index contributed by atoms with van der Waals surface area (Å²) in [6.07, 6.45) is 0.645. The molecule has 0 unspecified atom stereocenters. The summed E-state index contributed by atoms with van der Waals surface area (Å²) in [5.41, 5.74) is 11.9. The van der Waals surface area contributed by atoms with Crippen molar-refractivity contribution in [2.75, 3.05) is 39.3 Å². The lowest BCUT2D eigenvalue weighted by Gasteiger charge is -2.34. The zero-order valence-corrected chi connectivity index (χ0v) is 23.7. The Hall–Kier alpha value is -4.37. The Bertz CT molecular complexity index is 1330. The van der Waals surface area contributed by atoms with Crippen LogP contribution in [0.25, 0.3) is 11.1 Å². The smallest absolute Gasteiger partial charge is 0.409 e. The molecule has 5 rings (SSSR count). The van der Waals surface area contributed by atoms with Crippen molar-refractivity contribution in [3.8, 4) is 11.1 Å². The first-order valence-electron chi connectivity index (χ1n) is 14.6. The van der Waals surface area contributed by atoms with Crippen molar-refractivity contribution >= 4 is 18.1 Å². The SMILES string of the molecule is N[C@@H](CCCNC(=O)OCc1ccccc1)CC(=O)N1CCN(C(=O)OCC2c3ccccc3-c3ccccc32)CC1. The van der Waals surface area contributed by atoms with E-state index in [1.165, 1.54) is 22.3 Å². The van der Waals surface area contributed by atoms with Crippen molar-refractivity contribution < 1.29 is 23.9 Å². The number of nitrogens with one attached hydrogen (secondary N) is 1. The Morgan fingerprint density at radius 1 is 0.810 bits per heavy atom. The highest BCUT2D eigenvalue weighted by molar-refractivity contribution is 5.79. The minimum absolute atomic E-state index is 0.0147. The van der Waals surface area contributed by atoms with Crippen molar-refractivity contribution in [3.63, 3.8) is 0 Å². The standard InChI is InChI=1S/C33H38N4O5/c34-25(11-8-16-35-32(39)41-22-24-9-2-1-3-10-24)21-31(38)36-17-19-37(20-18-36)33(40)42-23-30-28-14-6-4-12-26(28)27-13-5-7-15-29(27)30/h1-7,9-10,12-15,25,30H,8,11,16-23,34H2,(H,35,39)/t25-/m0/s1. The average Bonchev–Trinajstić information content (AvgIpc) is 3.35. The second kappa shape index (κ2) is 14.0. The third-order valence-corrected chi connectivity index (χ3v) is 7.90. The Morgan fingerprint density at radius 3 is 2.07 bits per heavy atom. The average molecular weight is 571 g/mol. The monoisotopic (exact) mass is 570 g/mol. The number of amides is 3. The number of ether oxygens (including phenoxy) is 2. The molecule has 3 aromatic rings. The molecule has 1 heterocycles. The lowest BCUT2D eigenvalue weighted by molar-refractivity contribution is -0.133. The molecule has 42 heavy (non-hydrogen) atoms. The lowest BCUT2D eigenvalue weighted by atomic mass is 9.98. The van der Waals surface area contributed by atoms with Gasteiger partial charge in [-0.3, -0.25) is 4.79 Å². The summed E-state index contributed by atoms with van der Waals surface area (Å²) in [5.74, 6) is -0.00856. The van der Waals surface area contributed by atoms with Gasteiger partial charge in [-0.2, -0.15) is 0 Å². The molecular formula is C33H38N4O5. The van der Waals surface area contributed by atoms with Gasteiger partial charge in [-0.15, -0.1) is 0 Å². The number of hydrogen-bond acceptors (Lipinski definition) is 6. The van der Waals surface area contributed by atoms with Gasteiger partial charge >= 0.3 is 12.2 Å². The molecule has 0 saturated carbocycles. The normalized spacial score (nSPS) is 15.0. The first-order valence-corrected chi connectivity index (χ1v) is 14.6. The molecule has 9 heteroatoms. The molecule has 0 radical (unpaired) electrons. The van der Waals surface area contributed by atoms with E-state index in [0.29, 0.717) is 45.6 Å². The van der Waals surface area contributed by atoms with Gasteiger partial charge in [0.1, 0.15) is 13.2 Å². The van der Waals surface area contributed by atoms with Gasteiger partial charge < -0.3 is 30.3 Å². The maximum absolute atomic E-state index is 12.9. The van der Waals surface area contributed by atoms with Crippen LogP contribution in [-0.2, 0) is 20.9 Å². The van der Waals surface area contributed by atoms with Crippen LogP contribution in [-0.4, -0.2) is 73.3 Å². The maximum Gasteiger partial charge on any atom is 0.409 e. The summed E-state index contributed by atoms with van der Waals surface area (Å²) >= 11 is 0. The number of carbonyl (C=O) groups is 3. The van der Waals surface area contributed by atoms with E-state index in [2.05, 4.69) is 29.6 Å². The Balaban J connectivity index is 0.977. The number of nitrogens with two attached hydrogens (primary N) is 1. The Morgan fingerprint density at radius 2 is 1.40 bits per heavy atom. The molecule has 0 bridgehead atoms. The predicted octanol–water partition coefficient (Wildman–Crippen LogP) is 4.50. The predicted molar refractivity (Wildman–Crippen MR) is 160 cm³/mol. The molecule has 0 aromatic heterocycles. The summed E-state index contributed by atoms with van der Waals surface area (Å²) in [7, 11) is 0. The molecule has 3 N–H and O–H groups in total. The number of piperazine rings is 1. The minimum Gasteiger partial charge on any atom is -0.448 e. The number of benzene rings is 3. The third-order valence-electron chi connectivity index (χ3n) is 7.90. The number of hydrogen-bond donors (Lipinski definition) is 2. The van der Waals surface area contributed by atoms with Crippen LogP contribution in [0.15, 0.2) is 78.9 Å². The van der Waals surface area contributed by atoms with E-state index >= 15 is 0 Å². The molecule has 220 valence electrons. The topological polar surface area (TPSA) is 114 Å². The van der Waals surface area contributed by atoms with Crippen LogP contribution in [0, 0.1) is 0 Å². The summed E-state index contributed by atoms with van der Waals surface area (Å²) in [6.45, 7) is 2.67. The maximum atomic E-state index is 12.9. The molecule has 2 aliphatic rings. The highest BCUT2D eigenvalue weighted by Crippen LogP contribution is 2.44. The molecule has 3 amide bonds. The van der Waals surface area contributed by atoms with Crippen LogP contribution in [0.3, 0.4) is 0 Å². The van der Waals surface area contributed by atoms with Crippen molar-refractivity contribution in [1.82, 2.24) is 15.1 Å². The summed E-state index contributed by atoms with van der Waals surface area (Å²) in [5, 5.41) is 2.72. The van der Waals surface area contributed by atoms with Crippen LogP contribution in [0.2, 0.25) is 0 Å². The minimum atomic E-state index is -0.474. The summed E-state index contributed by atoms with van der Waals surface area (Å²) in [4.78, 5) is 41.0. The van der Waals surface area contributed by atoms with Gasteiger partial charge in [-0.05, 0) is 40.7 Å². The van der Waals surface area contributed by atoms with Crippen molar-refractivity contribution in [1.29, 1.82) is 0 Å². The number of alkyl carbamates (subject to hydrolysis) is 1. The molecule has 1 aliphatic carbocycles. The zero-order chi connectivity index (χ0) is 29.3. The van der Waals surface area contributed by atoms with Gasteiger partial charge in [-0.1, -0.05) is 78.9 Å². The van der Waals surface area contributed by atoms with Crippen molar-refractivity contribution in [3.05, 3.63) is 95.6 Å². The first-order chi connectivity index (χ1) is 20.5. The van der Waals surface area contributed by atoms with Gasteiger partial charge in [0.15, 0.2) is 0 Å². The fourth-order valence-corrected chi connectivity index (χ4v) is 5.61. The van der Waals surface area contributed by atoms with E-state index in [1.54, 1.807) is 9.80 Å². The van der Waals surface area contributed by atoms with Gasteiger partial charge in [0.05, 0.1) is 0 Å². The van der Waals surface area contributed by atoms with E-state index in [9.17, 15) is 14.4 Å². The van der Waals surface area contributed by atoms with Crippen molar-refractivity contribution in [2.45, 2.75) is 37.8 Å². The van der Waals surface area contributed by atoms with Gasteiger partial charge in [-0.25, -0.2) is 9.59 Å². The largest absolute Gasteiger partial charge is 0.448 e. The summed E-state index contributed by atoms with van der Waals surface area (Å²) < 4.78 is 11.0. The molecule has 1 saturated heterocycles. The highest BCUT2D eigenvalue weighted by Gasteiger charge is 2.31. The summed E-state index contributed by atoms with van der Waals surface area (Å²) in [6, 6.07) is 25.7. The second-order valence-corrected chi connectivity index (χ2v) is 10.8. The first kappa shape index (κ1) is 29.1. The van der Waals surface area contributed by atoms with E-state index < -0.39 is 6.09 Å². The van der Waals surface area contributed by atoms with Gasteiger partial charge in [0.25, 0.3) is 0 Å². The molecule has 1 aliphatic heterocycles. The lowest BCUT2D eigenvalue weighted by Crippen LogP contribution is -2.51. The van der Waals surface area contributed by atoms with Gasteiger partial charge in [0.2, 0.25) is 5.91 Å². The van der Waals surface area contributed by atoms with E-state index in [-0.39, 0.29) is 43.6 Å². The van der Waals surface area contributed by atoms with Crippen LogP contribution in [0.1, 0.15) is 41.9 Å². The number of carbonyl (C=O) groups excluding carboxylic acids is 3. The quantitative estimate of drug-likeness (QED) is 0.347. The van der Waals surface area contributed by atoms with Crippen LogP contribution < -0.4 is 11.1 Å². The Kier molecular flexibility index (Phi) is 9.71. The molecule has 1 fully saturated rings. The van der Waals surface area contributed by atoms with Crippen LogP contribution >= 0.6 is 0 Å². The van der Waals surface area contributed by atoms with Crippen LogP contribution in [0.4, 0.5) is 9.59 Å². The van der Waals surface area contributed by atoms with Gasteiger partial charge in [0, 0.05) is 51.1 Å². The van der Waals surface area contributed by atoms with Crippen LogP contribution in [0.5, 0.6) is 0 Å². The molecule has 0 spiro atoms.